The van der Waals surface area contributed by atoms with Crippen molar-refractivity contribution in [2.75, 3.05) is 19.8 Å². The molecule has 8 nitrogen and oxygen atoms in total. The number of fused-ring (bicyclic) bond motifs is 1. The Kier molecular flexibility index (Phi) is 11.6. The summed E-state index contributed by atoms with van der Waals surface area (Å²) in [5.41, 5.74) is 3.17. The van der Waals surface area contributed by atoms with Crippen molar-refractivity contribution < 1.29 is 33.3 Å². The second-order valence-electron chi connectivity index (χ2n) is 8.88. The number of rotatable bonds is 12. The van der Waals surface area contributed by atoms with Crippen LogP contribution in [0.1, 0.15) is 52.7 Å². The van der Waals surface area contributed by atoms with Gasteiger partial charge in [-0.2, -0.15) is 0 Å². The number of carbonyl (C=O) groups is 3. The summed E-state index contributed by atoms with van der Waals surface area (Å²) in [6.07, 6.45) is 3.02. The van der Waals surface area contributed by atoms with Gasteiger partial charge in [0.25, 0.3) is 0 Å². The van der Waals surface area contributed by atoms with Gasteiger partial charge in [-0.1, -0.05) is 72.1 Å². The summed E-state index contributed by atoms with van der Waals surface area (Å²) in [5, 5.41) is 0. The van der Waals surface area contributed by atoms with Crippen LogP contribution >= 0.6 is 0 Å². The minimum absolute atomic E-state index is 0.0114. The Morgan fingerprint density at radius 2 is 1.74 bits per heavy atom. The van der Waals surface area contributed by atoms with Crippen molar-refractivity contribution in [2.24, 2.45) is 11.8 Å². The first-order valence-corrected chi connectivity index (χ1v) is 13.3. The molecule has 0 aliphatic carbocycles. The number of aryl methyl sites for hydroxylation is 2. The molecule has 0 aromatic heterocycles. The Morgan fingerprint density at radius 1 is 1.08 bits per heavy atom. The Balaban J connectivity index is 0.00000247. The lowest BCUT2D eigenvalue weighted by Gasteiger charge is -2.47. The number of esters is 1. The monoisotopic (exact) mass is 527 g/mol. The van der Waals surface area contributed by atoms with Crippen LogP contribution in [-0.2, 0) is 36.6 Å². The Morgan fingerprint density at radius 3 is 2.34 bits per heavy atom. The van der Waals surface area contributed by atoms with Gasteiger partial charge in [0.1, 0.15) is 37.4 Å². The maximum Gasteiger partial charge on any atom is 0.508 e. The number of hydrogen-bond acceptors (Lipinski definition) is 7. The highest BCUT2D eigenvalue weighted by Crippen LogP contribution is 2.48. The molecule has 0 radical (unpaired) electrons. The second kappa shape index (κ2) is 14.4. The third kappa shape index (κ3) is 6.47. The number of nitrogens with zero attached hydrogens (tertiary/aromatic N) is 1. The van der Waals surface area contributed by atoms with Crippen LogP contribution in [0.15, 0.2) is 54.8 Å². The van der Waals surface area contributed by atoms with Gasteiger partial charge in [-0.25, -0.2) is 9.59 Å². The standard InChI is InChI=1S/C28H35NO7.C2H6/c1-7-13-33-27(31)25-21(16-35-22-12-11-19(9-3)15-20(22)10-4)17(5)24-23(26(30)29(24)25)18(6)36-28(32)34-14-8-2;1-2/h7-8,11-12,15,17-18,23-24H,1-2,9-10,13-14,16H2,3-6H3;1-2H3. The highest BCUT2D eigenvalue weighted by Gasteiger charge is 2.61. The fourth-order valence-electron chi connectivity index (χ4n) is 4.82. The summed E-state index contributed by atoms with van der Waals surface area (Å²) in [4.78, 5) is 39.6. The number of hydrogen-bond donors (Lipinski definition) is 0. The lowest BCUT2D eigenvalue weighted by atomic mass is 9.77. The van der Waals surface area contributed by atoms with Gasteiger partial charge in [-0.3, -0.25) is 4.79 Å². The van der Waals surface area contributed by atoms with Crippen LogP contribution in [0.3, 0.4) is 0 Å². The largest absolute Gasteiger partial charge is 0.508 e. The van der Waals surface area contributed by atoms with Crippen LogP contribution in [0.4, 0.5) is 4.79 Å². The lowest BCUT2D eigenvalue weighted by Crippen LogP contribution is -2.64. The van der Waals surface area contributed by atoms with Gasteiger partial charge in [0, 0.05) is 11.5 Å². The molecule has 2 heterocycles. The third-order valence-corrected chi connectivity index (χ3v) is 6.73. The zero-order valence-electron chi connectivity index (χ0n) is 23.5. The van der Waals surface area contributed by atoms with Crippen LogP contribution in [0.5, 0.6) is 5.75 Å². The zero-order valence-corrected chi connectivity index (χ0v) is 23.5. The van der Waals surface area contributed by atoms with E-state index < -0.39 is 24.1 Å². The van der Waals surface area contributed by atoms with E-state index in [0.717, 1.165) is 24.2 Å². The first kappa shape index (κ1) is 30.7. The van der Waals surface area contributed by atoms with Crippen LogP contribution in [0, 0.1) is 11.8 Å². The average Bonchev–Trinajstić information content (AvgIpc) is 3.17. The Labute approximate surface area is 226 Å². The molecule has 8 heteroatoms. The van der Waals surface area contributed by atoms with Gasteiger partial charge in [-0.05, 0) is 37.0 Å². The molecule has 1 aromatic carbocycles. The van der Waals surface area contributed by atoms with E-state index >= 15 is 0 Å². The second-order valence-corrected chi connectivity index (χ2v) is 8.88. The number of β-lactam (4-membered cyclic amide) rings is 1. The minimum atomic E-state index is -0.871. The van der Waals surface area contributed by atoms with Gasteiger partial charge < -0.3 is 23.8 Å². The molecule has 0 saturated carbocycles. The van der Waals surface area contributed by atoms with Crippen molar-refractivity contribution >= 4 is 18.0 Å². The fraction of sp³-hybridized carbons (Fsp3) is 0.500. The number of benzene rings is 1. The van der Waals surface area contributed by atoms with Crippen LogP contribution in [0.2, 0.25) is 0 Å². The molecule has 0 bridgehead atoms. The van der Waals surface area contributed by atoms with Crippen molar-refractivity contribution in [3.63, 3.8) is 0 Å². The molecule has 2 aliphatic rings. The van der Waals surface area contributed by atoms with Gasteiger partial charge in [0.15, 0.2) is 0 Å². The predicted molar refractivity (Wildman–Crippen MR) is 146 cm³/mol. The van der Waals surface area contributed by atoms with Gasteiger partial charge in [-0.15, -0.1) is 0 Å². The molecule has 0 spiro atoms. The number of ether oxygens (including phenoxy) is 4. The SMILES string of the molecule is C=CCOC(=O)OC(C)C1C(=O)N2C(C(=O)OCC=C)=C(COc3ccc(CC)cc3CC)C(C)C12.CC. The molecule has 3 rings (SSSR count). The summed E-state index contributed by atoms with van der Waals surface area (Å²) in [6, 6.07) is 5.73. The van der Waals surface area contributed by atoms with E-state index in [1.807, 2.05) is 32.9 Å². The van der Waals surface area contributed by atoms with E-state index in [9.17, 15) is 14.4 Å². The molecule has 1 fully saturated rings. The van der Waals surface area contributed by atoms with Gasteiger partial charge in [0.2, 0.25) is 5.91 Å². The van der Waals surface area contributed by atoms with Crippen LogP contribution in [0.25, 0.3) is 0 Å². The Bertz CT molecular complexity index is 1060. The smallest absolute Gasteiger partial charge is 0.489 e. The van der Waals surface area contributed by atoms with Gasteiger partial charge in [0.05, 0.1) is 12.0 Å². The summed E-state index contributed by atoms with van der Waals surface area (Å²) in [6.45, 7) is 19.0. The Hall–Kier alpha value is -3.55. The molecule has 2 aliphatic heterocycles. The van der Waals surface area contributed by atoms with E-state index in [-0.39, 0.29) is 43.4 Å². The van der Waals surface area contributed by atoms with Crippen molar-refractivity contribution in [2.45, 2.75) is 66.5 Å². The summed E-state index contributed by atoms with van der Waals surface area (Å²) >= 11 is 0. The first-order chi connectivity index (χ1) is 18.3. The molecule has 38 heavy (non-hydrogen) atoms. The van der Waals surface area contributed by atoms with Crippen LogP contribution < -0.4 is 4.74 Å². The minimum Gasteiger partial charge on any atom is -0.489 e. The highest BCUT2D eigenvalue weighted by atomic mass is 16.7. The van der Waals surface area contributed by atoms with Crippen molar-refractivity contribution in [1.29, 1.82) is 0 Å². The van der Waals surface area contributed by atoms with E-state index in [1.54, 1.807) is 6.92 Å². The quantitative estimate of drug-likeness (QED) is 0.204. The molecule has 4 unspecified atom stereocenters. The maximum absolute atomic E-state index is 13.2. The average molecular weight is 528 g/mol. The molecule has 208 valence electrons. The molecular formula is C30H41NO7. The van der Waals surface area contributed by atoms with E-state index in [1.165, 1.54) is 22.6 Å². The molecule has 0 N–H and O–H groups in total. The lowest BCUT2D eigenvalue weighted by molar-refractivity contribution is -0.164. The maximum atomic E-state index is 13.2. The normalized spacial score (nSPS) is 20.3. The molecule has 1 amide bonds. The van der Waals surface area contributed by atoms with Crippen molar-refractivity contribution in [3.8, 4) is 5.75 Å². The molecular weight excluding hydrogens is 486 g/mol. The molecule has 1 saturated heterocycles. The van der Waals surface area contributed by atoms with E-state index in [2.05, 4.69) is 33.1 Å². The van der Waals surface area contributed by atoms with Crippen molar-refractivity contribution in [3.05, 3.63) is 65.9 Å². The van der Waals surface area contributed by atoms with E-state index in [0.29, 0.717) is 5.57 Å². The highest BCUT2D eigenvalue weighted by molar-refractivity contribution is 6.01. The third-order valence-electron chi connectivity index (χ3n) is 6.73. The molecule has 1 aromatic rings. The van der Waals surface area contributed by atoms with E-state index in [4.69, 9.17) is 18.9 Å². The van der Waals surface area contributed by atoms with Crippen LogP contribution in [-0.4, -0.2) is 54.9 Å². The number of amides is 1. The number of carbonyl (C=O) groups excluding carboxylic acids is 3. The van der Waals surface area contributed by atoms with Crippen molar-refractivity contribution in [1.82, 2.24) is 4.90 Å². The van der Waals surface area contributed by atoms with Gasteiger partial charge >= 0.3 is 12.1 Å². The predicted octanol–water partition coefficient (Wildman–Crippen LogP) is 5.40. The first-order valence-electron chi connectivity index (χ1n) is 13.3. The summed E-state index contributed by atoms with van der Waals surface area (Å²) in [7, 11) is 0. The zero-order chi connectivity index (χ0) is 28.4. The summed E-state index contributed by atoms with van der Waals surface area (Å²) in [5.74, 6) is -1.00. The topological polar surface area (TPSA) is 91.4 Å². The summed E-state index contributed by atoms with van der Waals surface area (Å²) < 4.78 is 21.7. The fourth-order valence-corrected chi connectivity index (χ4v) is 4.82. The molecule has 4 atom stereocenters.